The Bertz CT molecular complexity index is 350. The highest BCUT2D eigenvalue weighted by Crippen LogP contribution is 2.48. The zero-order valence-corrected chi connectivity index (χ0v) is 11.3. The number of hydrogen-bond acceptors (Lipinski definition) is 1. The van der Waals surface area contributed by atoms with E-state index >= 15 is 0 Å². The van der Waals surface area contributed by atoms with E-state index in [9.17, 15) is 0 Å². The molecule has 0 aromatic heterocycles. The van der Waals surface area contributed by atoms with Gasteiger partial charge in [-0.25, -0.2) is 0 Å². The Hall–Kier alpha value is -0.820. The van der Waals surface area contributed by atoms with Crippen LogP contribution in [0.2, 0.25) is 0 Å². The number of rotatable bonds is 4. The summed E-state index contributed by atoms with van der Waals surface area (Å²) in [7, 11) is 0. The summed E-state index contributed by atoms with van der Waals surface area (Å²) in [4.78, 5) is 0. The van der Waals surface area contributed by atoms with Gasteiger partial charge in [-0.2, -0.15) is 0 Å². The van der Waals surface area contributed by atoms with E-state index in [-0.39, 0.29) is 0 Å². The third-order valence-corrected chi connectivity index (χ3v) is 4.11. The van der Waals surface area contributed by atoms with Gasteiger partial charge in [0.15, 0.2) is 0 Å². The minimum atomic E-state index is 0.474. The second-order valence-corrected chi connectivity index (χ2v) is 5.81. The van der Waals surface area contributed by atoms with Gasteiger partial charge in [0.25, 0.3) is 0 Å². The molecule has 1 fully saturated rings. The van der Waals surface area contributed by atoms with Gasteiger partial charge < -0.3 is 4.74 Å². The first kappa shape index (κ1) is 12.6. The molecule has 1 atom stereocenters. The van der Waals surface area contributed by atoms with E-state index in [0.717, 1.165) is 19.1 Å². The van der Waals surface area contributed by atoms with Gasteiger partial charge in [-0.05, 0) is 42.2 Å². The Morgan fingerprint density at radius 3 is 2.47 bits per heavy atom. The van der Waals surface area contributed by atoms with Gasteiger partial charge in [0.05, 0.1) is 6.61 Å². The molecule has 1 aliphatic rings. The molecule has 0 spiro atoms. The van der Waals surface area contributed by atoms with Crippen LogP contribution >= 0.6 is 0 Å². The second kappa shape index (κ2) is 5.22. The summed E-state index contributed by atoms with van der Waals surface area (Å²) in [5.74, 6) is 0.739. The minimum absolute atomic E-state index is 0.474. The SMILES string of the molecule is CCOCc1ccc(C2CCCC2(C)C)cc1. The normalized spacial score (nSPS) is 22.9. The van der Waals surface area contributed by atoms with Crippen LogP contribution in [0, 0.1) is 5.41 Å². The lowest BCUT2D eigenvalue weighted by Gasteiger charge is -2.27. The summed E-state index contributed by atoms with van der Waals surface area (Å²) in [5, 5.41) is 0. The second-order valence-electron chi connectivity index (χ2n) is 5.81. The van der Waals surface area contributed by atoms with E-state index in [0.29, 0.717) is 5.41 Å². The zero-order valence-electron chi connectivity index (χ0n) is 11.3. The smallest absolute Gasteiger partial charge is 0.0716 e. The molecule has 94 valence electrons. The van der Waals surface area contributed by atoms with E-state index in [1.807, 2.05) is 6.92 Å². The van der Waals surface area contributed by atoms with Gasteiger partial charge in [-0.3, -0.25) is 0 Å². The molecule has 17 heavy (non-hydrogen) atoms. The lowest BCUT2D eigenvalue weighted by Crippen LogP contribution is -2.15. The highest BCUT2D eigenvalue weighted by Gasteiger charge is 2.35. The van der Waals surface area contributed by atoms with Crippen molar-refractivity contribution in [3.05, 3.63) is 35.4 Å². The third-order valence-electron chi connectivity index (χ3n) is 4.11. The molecule has 1 unspecified atom stereocenters. The van der Waals surface area contributed by atoms with Gasteiger partial charge in [-0.15, -0.1) is 0 Å². The molecular weight excluding hydrogens is 208 g/mol. The molecule has 0 radical (unpaired) electrons. The Balaban J connectivity index is 2.07. The highest BCUT2D eigenvalue weighted by atomic mass is 16.5. The van der Waals surface area contributed by atoms with Crippen LogP contribution in [-0.4, -0.2) is 6.61 Å². The quantitative estimate of drug-likeness (QED) is 0.741. The van der Waals surface area contributed by atoms with Crippen LogP contribution in [0.4, 0.5) is 0 Å². The maximum Gasteiger partial charge on any atom is 0.0716 e. The molecule has 2 rings (SSSR count). The maximum atomic E-state index is 5.43. The molecule has 1 aromatic rings. The summed E-state index contributed by atoms with van der Waals surface area (Å²) in [6, 6.07) is 9.04. The summed E-state index contributed by atoms with van der Waals surface area (Å²) in [6.45, 7) is 8.37. The van der Waals surface area contributed by atoms with Crippen LogP contribution in [0.3, 0.4) is 0 Å². The fourth-order valence-corrected chi connectivity index (χ4v) is 3.01. The van der Waals surface area contributed by atoms with Crippen LogP contribution in [-0.2, 0) is 11.3 Å². The Kier molecular flexibility index (Phi) is 3.88. The molecule has 1 saturated carbocycles. The molecule has 1 nitrogen and oxygen atoms in total. The van der Waals surface area contributed by atoms with Crippen molar-refractivity contribution in [1.29, 1.82) is 0 Å². The van der Waals surface area contributed by atoms with Gasteiger partial charge in [0, 0.05) is 6.61 Å². The minimum Gasteiger partial charge on any atom is -0.377 e. The topological polar surface area (TPSA) is 9.23 Å². The fraction of sp³-hybridized carbons (Fsp3) is 0.625. The van der Waals surface area contributed by atoms with Crippen molar-refractivity contribution >= 4 is 0 Å². The van der Waals surface area contributed by atoms with Crippen molar-refractivity contribution in [1.82, 2.24) is 0 Å². The van der Waals surface area contributed by atoms with E-state index in [4.69, 9.17) is 4.74 Å². The Morgan fingerprint density at radius 2 is 1.94 bits per heavy atom. The van der Waals surface area contributed by atoms with Gasteiger partial charge >= 0.3 is 0 Å². The average Bonchev–Trinajstić information content (AvgIpc) is 2.67. The van der Waals surface area contributed by atoms with Crippen LogP contribution < -0.4 is 0 Å². The fourth-order valence-electron chi connectivity index (χ4n) is 3.01. The third kappa shape index (κ3) is 2.90. The average molecular weight is 232 g/mol. The molecule has 1 aromatic carbocycles. The molecule has 1 heteroatoms. The van der Waals surface area contributed by atoms with E-state index in [1.165, 1.54) is 30.4 Å². The van der Waals surface area contributed by atoms with E-state index in [1.54, 1.807) is 0 Å². The number of hydrogen-bond donors (Lipinski definition) is 0. The van der Waals surface area contributed by atoms with Crippen LogP contribution in [0.25, 0.3) is 0 Å². The first-order chi connectivity index (χ1) is 8.13. The molecule has 0 N–H and O–H groups in total. The molecular formula is C16H24O. The number of benzene rings is 1. The Morgan fingerprint density at radius 1 is 1.24 bits per heavy atom. The maximum absolute atomic E-state index is 5.43. The molecule has 0 saturated heterocycles. The highest BCUT2D eigenvalue weighted by molar-refractivity contribution is 5.27. The summed E-state index contributed by atoms with van der Waals surface area (Å²) >= 11 is 0. The molecule has 0 heterocycles. The lowest BCUT2D eigenvalue weighted by molar-refractivity contribution is 0.134. The summed E-state index contributed by atoms with van der Waals surface area (Å²) in [6.07, 6.45) is 4.08. The first-order valence-electron chi connectivity index (χ1n) is 6.80. The van der Waals surface area contributed by atoms with Crippen LogP contribution in [0.15, 0.2) is 24.3 Å². The van der Waals surface area contributed by atoms with Gasteiger partial charge in [0.2, 0.25) is 0 Å². The van der Waals surface area contributed by atoms with Gasteiger partial charge in [-0.1, -0.05) is 44.5 Å². The van der Waals surface area contributed by atoms with Crippen molar-refractivity contribution in [3.63, 3.8) is 0 Å². The van der Waals surface area contributed by atoms with Crippen molar-refractivity contribution in [2.45, 2.75) is 52.6 Å². The lowest BCUT2D eigenvalue weighted by atomic mass is 9.78. The first-order valence-corrected chi connectivity index (χ1v) is 6.80. The van der Waals surface area contributed by atoms with Crippen molar-refractivity contribution in [2.24, 2.45) is 5.41 Å². The van der Waals surface area contributed by atoms with Crippen molar-refractivity contribution < 1.29 is 4.74 Å². The molecule has 0 bridgehead atoms. The van der Waals surface area contributed by atoms with Crippen molar-refractivity contribution in [3.8, 4) is 0 Å². The zero-order chi connectivity index (χ0) is 12.3. The predicted octanol–water partition coefficient (Wildman–Crippen LogP) is 4.52. The molecule has 0 amide bonds. The predicted molar refractivity (Wildman–Crippen MR) is 72.1 cm³/mol. The Labute approximate surface area is 105 Å². The van der Waals surface area contributed by atoms with E-state index in [2.05, 4.69) is 38.1 Å². The monoisotopic (exact) mass is 232 g/mol. The van der Waals surface area contributed by atoms with E-state index < -0.39 is 0 Å². The largest absolute Gasteiger partial charge is 0.377 e. The van der Waals surface area contributed by atoms with Crippen LogP contribution in [0.1, 0.15) is 57.1 Å². The standard InChI is InChI=1S/C16H24O/c1-4-17-12-13-7-9-14(10-8-13)15-6-5-11-16(15,2)3/h7-10,15H,4-6,11-12H2,1-3H3. The summed E-state index contributed by atoms with van der Waals surface area (Å²) in [5.41, 5.74) is 3.26. The molecule has 1 aliphatic carbocycles. The van der Waals surface area contributed by atoms with Crippen molar-refractivity contribution in [2.75, 3.05) is 6.61 Å². The van der Waals surface area contributed by atoms with Gasteiger partial charge in [0.1, 0.15) is 0 Å². The van der Waals surface area contributed by atoms with Crippen LogP contribution in [0.5, 0.6) is 0 Å². The summed E-state index contributed by atoms with van der Waals surface area (Å²) < 4.78 is 5.43. The molecule has 0 aliphatic heterocycles. The number of ether oxygens (including phenoxy) is 1.